The fraction of sp³-hybridized carbons (Fsp3) is 0.111. The van der Waals surface area contributed by atoms with Gasteiger partial charge in [-0.2, -0.15) is 13.2 Å². The number of nitrogens with zero attached hydrogens (tertiary/aromatic N) is 1. The lowest BCUT2D eigenvalue weighted by Gasteiger charge is -2.27. The van der Waals surface area contributed by atoms with E-state index in [-0.39, 0.29) is 5.52 Å². The third-order valence-electron chi connectivity index (χ3n) is 4.23. The summed E-state index contributed by atoms with van der Waals surface area (Å²) in [6.07, 6.45) is -3.99. The van der Waals surface area contributed by atoms with Crippen LogP contribution in [-0.2, 0) is 5.72 Å². The smallest absolute Gasteiger partial charge is 0.360 e. The predicted molar refractivity (Wildman–Crippen MR) is 86.7 cm³/mol. The number of halogens is 4. The molecule has 0 saturated carbocycles. The predicted octanol–water partition coefficient (Wildman–Crippen LogP) is 4.95. The Kier molecular flexibility index (Phi) is 3.11. The zero-order valence-corrected chi connectivity index (χ0v) is 12.9. The van der Waals surface area contributed by atoms with E-state index >= 15 is 0 Å². The van der Waals surface area contributed by atoms with E-state index < -0.39 is 11.9 Å². The van der Waals surface area contributed by atoms with E-state index in [2.05, 4.69) is 0 Å². The van der Waals surface area contributed by atoms with Gasteiger partial charge in [-0.15, -0.1) is 0 Å². The molecule has 0 bridgehead atoms. The second-order valence-corrected chi connectivity index (χ2v) is 6.15. The molecule has 0 fully saturated rings. The number of rotatable bonds is 1. The summed E-state index contributed by atoms with van der Waals surface area (Å²) < 4.78 is 41.9. The van der Waals surface area contributed by atoms with Crippen LogP contribution in [-0.4, -0.2) is 15.8 Å². The number of aliphatic hydroxyl groups is 1. The molecule has 1 aromatic heterocycles. The highest BCUT2D eigenvalue weighted by Crippen LogP contribution is 2.48. The molecule has 1 aliphatic heterocycles. The zero-order chi connectivity index (χ0) is 17.1. The summed E-state index contributed by atoms with van der Waals surface area (Å²) >= 11 is 5.95. The van der Waals surface area contributed by atoms with Crippen LogP contribution in [0.5, 0.6) is 0 Å². The van der Waals surface area contributed by atoms with Crippen LogP contribution in [0, 0.1) is 0 Å². The van der Waals surface area contributed by atoms with Gasteiger partial charge in [-0.1, -0.05) is 41.9 Å². The van der Waals surface area contributed by atoms with Crippen LogP contribution in [0.15, 0.2) is 60.7 Å². The normalized spacial score (nSPS) is 20.3. The Bertz CT molecular complexity index is 975. The Labute approximate surface area is 140 Å². The molecule has 0 saturated heterocycles. The first-order valence-electron chi connectivity index (χ1n) is 7.20. The minimum atomic E-state index is -4.86. The van der Waals surface area contributed by atoms with Gasteiger partial charge in [-0.25, -0.2) is 0 Å². The summed E-state index contributed by atoms with van der Waals surface area (Å²) in [5.41, 5.74) is -1.58. The molecule has 24 heavy (non-hydrogen) atoms. The number of alkyl halides is 3. The second kappa shape index (κ2) is 4.88. The van der Waals surface area contributed by atoms with Crippen molar-refractivity contribution in [3.63, 3.8) is 0 Å². The van der Waals surface area contributed by atoms with Gasteiger partial charge in [0.15, 0.2) is 0 Å². The van der Waals surface area contributed by atoms with E-state index in [1.807, 2.05) is 0 Å². The van der Waals surface area contributed by atoms with Crippen molar-refractivity contribution in [2.45, 2.75) is 11.9 Å². The molecule has 2 heterocycles. The monoisotopic (exact) mass is 349 g/mol. The standard InChI is InChI=1S/C18H11ClF3NO/c19-13-6-7-15-12(8-13)9-16-14(11-4-2-1-3-5-11)10-17(24,23(15)16)18(20,21)22/h1-10,24H. The van der Waals surface area contributed by atoms with E-state index in [1.54, 1.807) is 42.5 Å². The Balaban J connectivity index is 2.07. The third kappa shape index (κ3) is 2.01. The van der Waals surface area contributed by atoms with Crippen molar-refractivity contribution in [3.05, 3.63) is 77.0 Å². The van der Waals surface area contributed by atoms with E-state index in [0.29, 0.717) is 27.2 Å². The topological polar surface area (TPSA) is 25.2 Å². The minimum absolute atomic E-state index is 0.274. The summed E-state index contributed by atoms with van der Waals surface area (Å²) in [5, 5.41) is 11.5. The number of benzene rings is 2. The molecular formula is C18H11ClF3NO. The summed E-state index contributed by atoms with van der Waals surface area (Å²) in [5.74, 6) is 0. The molecule has 0 spiro atoms. The number of fused-ring (bicyclic) bond motifs is 3. The molecule has 0 radical (unpaired) electrons. The van der Waals surface area contributed by atoms with Gasteiger partial charge in [0.2, 0.25) is 0 Å². The maximum absolute atomic E-state index is 13.7. The van der Waals surface area contributed by atoms with Gasteiger partial charge in [-0.05, 0) is 35.9 Å². The van der Waals surface area contributed by atoms with Crippen molar-refractivity contribution >= 4 is 28.1 Å². The molecule has 0 amide bonds. The highest BCUT2D eigenvalue weighted by molar-refractivity contribution is 6.31. The van der Waals surface area contributed by atoms with Gasteiger partial charge < -0.3 is 9.67 Å². The first-order valence-corrected chi connectivity index (χ1v) is 7.58. The molecule has 0 aliphatic carbocycles. The fourth-order valence-corrected chi connectivity index (χ4v) is 3.33. The Morgan fingerprint density at radius 1 is 1.00 bits per heavy atom. The van der Waals surface area contributed by atoms with Crippen molar-refractivity contribution in [3.8, 4) is 0 Å². The van der Waals surface area contributed by atoms with E-state index in [1.165, 1.54) is 12.1 Å². The van der Waals surface area contributed by atoms with Crippen molar-refractivity contribution < 1.29 is 18.3 Å². The van der Waals surface area contributed by atoms with Crippen LogP contribution in [0.3, 0.4) is 0 Å². The van der Waals surface area contributed by atoms with E-state index in [4.69, 9.17) is 11.6 Å². The molecule has 4 rings (SSSR count). The van der Waals surface area contributed by atoms with Crippen molar-refractivity contribution in [2.75, 3.05) is 0 Å². The average molecular weight is 350 g/mol. The molecule has 6 heteroatoms. The average Bonchev–Trinajstić information content (AvgIpc) is 3.03. The molecule has 1 atom stereocenters. The van der Waals surface area contributed by atoms with Gasteiger partial charge in [0.05, 0.1) is 11.2 Å². The number of hydrogen-bond donors (Lipinski definition) is 1. The zero-order valence-electron chi connectivity index (χ0n) is 12.2. The first-order chi connectivity index (χ1) is 11.3. The Morgan fingerprint density at radius 2 is 1.71 bits per heavy atom. The molecule has 2 aromatic carbocycles. The maximum atomic E-state index is 13.7. The number of aromatic nitrogens is 1. The van der Waals surface area contributed by atoms with Gasteiger partial charge in [0.25, 0.3) is 5.72 Å². The SMILES string of the molecule is OC1(C(F)(F)F)C=C(c2ccccc2)c2cc3cc(Cl)ccc3n21. The van der Waals surface area contributed by atoms with Crippen molar-refractivity contribution in [1.29, 1.82) is 0 Å². The third-order valence-corrected chi connectivity index (χ3v) is 4.46. The maximum Gasteiger partial charge on any atom is 0.441 e. The van der Waals surface area contributed by atoms with E-state index in [0.717, 1.165) is 10.6 Å². The fourth-order valence-electron chi connectivity index (χ4n) is 3.15. The number of hydrogen-bond acceptors (Lipinski definition) is 1. The molecule has 2 nitrogen and oxygen atoms in total. The van der Waals surface area contributed by atoms with Crippen LogP contribution in [0.1, 0.15) is 11.3 Å². The highest BCUT2D eigenvalue weighted by atomic mass is 35.5. The van der Waals surface area contributed by atoms with Crippen molar-refractivity contribution in [1.82, 2.24) is 4.57 Å². The largest absolute Gasteiger partial charge is 0.441 e. The Hall–Kier alpha value is -2.24. The Morgan fingerprint density at radius 3 is 2.38 bits per heavy atom. The summed E-state index contributed by atoms with van der Waals surface area (Å²) in [6.45, 7) is 0. The van der Waals surface area contributed by atoms with Gasteiger partial charge in [-0.3, -0.25) is 0 Å². The van der Waals surface area contributed by atoms with Crippen LogP contribution in [0.4, 0.5) is 13.2 Å². The molecule has 1 N–H and O–H groups in total. The first kappa shape index (κ1) is 15.3. The summed E-state index contributed by atoms with van der Waals surface area (Å²) in [7, 11) is 0. The van der Waals surface area contributed by atoms with Crippen LogP contribution < -0.4 is 0 Å². The molecule has 1 aliphatic rings. The quantitative estimate of drug-likeness (QED) is 0.661. The van der Waals surface area contributed by atoms with Gasteiger partial charge in [0.1, 0.15) is 0 Å². The van der Waals surface area contributed by atoms with Crippen LogP contribution in [0.25, 0.3) is 16.5 Å². The van der Waals surface area contributed by atoms with Gasteiger partial charge in [0, 0.05) is 16.0 Å². The summed E-state index contributed by atoms with van der Waals surface area (Å²) in [6, 6.07) is 14.9. The molecule has 122 valence electrons. The van der Waals surface area contributed by atoms with Crippen molar-refractivity contribution in [2.24, 2.45) is 0 Å². The highest BCUT2D eigenvalue weighted by Gasteiger charge is 2.58. The van der Waals surface area contributed by atoms with Crippen LogP contribution >= 0.6 is 11.6 Å². The minimum Gasteiger partial charge on any atom is -0.360 e. The van der Waals surface area contributed by atoms with E-state index in [9.17, 15) is 18.3 Å². The molecular weight excluding hydrogens is 339 g/mol. The lowest BCUT2D eigenvalue weighted by atomic mass is 10.0. The lowest BCUT2D eigenvalue weighted by molar-refractivity contribution is -0.272. The lowest BCUT2D eigenvalue weighted by Crippen LogP contribution is -2.44. The summed E-state index contributed by atoms with van der Waals surface area (Å²) in [4.78, 5) is 0. The second-order valence-electron chi connectivity index (χ2n) is 5.72. The van der Waals surface area contributed by atoms with Gasteiger partial charge >= 0.3 is 6.18 Å². The van der Waals surface area contributed by atoms with Crippen LogP contribution in [0.2, 0.25) is 5.02 Å². The molecule has 1 unspecified atom stereocenters. The molecule has 3 aromatic rings.